The van der Waals surface area contributed by atoms with Crippen LogP contribution in [-0.2, 0) is 11.3 Å². The molecule has 0 aliphatic heterocycles. The summed E-state index contributed by atoms with van der Waals surface area (Å²) < 4.78 is 27.4. The van der Waals surface area contributed by atoms with Gasteiger partial charge < -0.3 is 15.7 Å². The zero-order chi connectivity index (χ0) is 28.7. The molecule has 7 nitrogen and oxygen atoms in total. The molecule has 1 aliphatic rings. The second-order valence-corrected chi connectivity index (χ2v) is 10.4. The lowest BCUT2D eigenvalue weighted by atomic mass is 9.93. The van der Waals surface area contributed by atoms with Crippen molar-refractivity contribution in [3.8, 4) is 0 Å². The molecule has 3 amide bonds. The van der Waals surface area contributed by atoms with E-state index < -0.39 is 24.3 Å². The van der Waals surface area contributed by atoms with E-state index in [0.717, 1.165) is 29.3 Å². The topological polar surface area (TPSA) is 98.7 Å². The summed E-state index contributed by atoms with van der Waals surface area (Å²) in [5.41, 5.74) is 4.48. The molecule has 0 atom stereocenters. The lowest BCUT2D eigenvalue weighted by Gasteiger charge is -2.24. The number of carbonyl (C=O) groups excluding carboxylic acids is 2. The zero-order valence-corrected chi connectivity index (χ0v) is 23.1. The van der Waals surface area contributed by atoms with Gasteiger partial charge in [0.1, 0.15) is 0 Å². The molecule has 10 heteroatoms. The van der Waals surface area contributed by atoms with E-state index in [9.17, 15) is 23.2 Å². The maximum atomic E-state index is 13.4. The Balaban J connectivity index is 1.52. The van der Waals surface area contributed by atoms with E-state index in [1.165, 1.54) is 24.1 Å². The molecular formula is C30H28BrF2N3O4. The van der Waals surface area contributed by atoms with E-state index in [-0.39, 0.29) is 18.1 Å². The standard InChI is InChI=1S/C30H28BrF2N3O4/c31-24-7-4-8-25(17-24)35-29(40)36(26-15-13-22(14-16-26)21-5-2-1-3-6-21)18-20-9-11-23(12-10-20)27(37)34-19-30(32,33)28(38)39/h4-5,7-17H,1-3,6,18-19H2,(H,34,37)(H,35,40)(H,38,39). The molecule has 0 spiro atoms. The smallest absolute Gasteiger partial charge is 0.376 e. The second kappa shape index (κ2) is 12.9. The Labute approximate surface area is 239 Å². The van der Waals surface area contributed by atoms with Crippen LogP contribution in [0.4, 0.5) is 25.0 Å². The monoisotopic (exact) mass is 611 g/mol. The second-order valence-electron chi connectivity index (χ2n) is 9.44. The molecule has 3 N–H and O–H groups in total. The van der Waals surface area contributed by atoms with Crippen LogP contribution in [0.5, 0.6) is 0 Å². The van der Waals surface area contributed by atoms with Gasteiger partial charge in [0, 0.05) is 21.4 Å². The van der Waals surface area contributed by atoms with Crippen LogP contribution in [0.2, 0.25) is 0 Å². The molecular weight excluding hydrogens is 584 g/mol. The van der Waals surface area contributed by atoms with Crippen LogP contribution >= 0.6 is 15.9 Å². The first-order chi connectivity index (χ1) is 19.1. The molecule has 0 fully saturated rings. The third-order valence-electron chi connectivity index (χ3n) is 6.50. The van der Waals surface area contributed by atoms with Crippen molar-refractivity contribution < 1.29 is 28.3 Å². The SMILES string of the molecule is O=C(NCC(F)(F)C(=O)O)c1ccc(CN(C(=O)Nc2cccc(Br)c2)c2ccc(C3=CCCCC3)cc2)cc1. The number of nitrogens with one attached hydrogen (secondary N) is 2. The van der Waals surface area contributed by atoms with E-state index in [0.29, 0.717) is 16.9 Å². The van der Waals surface area contributed by atoms with Crippen LogP contribution in [0.1, 0.15) is 47.2 Å². The number of anilines is 2. The minimum Gasteiger partial charge on any atom is -0.477 e. The molecule has 40 heavy (non-hydrogen) atoms. The summed E-state index contributed by atoms with van der Waals surface area (Å²) in [6.07, 6.45) is 6.70. The lowest BCUT2D eigenvalue weighted by molar-refractivity contribution is -0.163. The average Bonchev–Trinajstić information content (AvgIpc) is 2.95. The fourth-order valence-corrected chi connectivity index (χ4v) is 4.71. The number of nitrogens with zero attached hydrogens (tertiary/aromatic N) is 1. The number of carboxylic acid groups (broad SMARTS) is 1. The van der Waals surface area contributed by atoms with Gasteiger partial charge in [-0.3, -0.25) is 9.69 Å². The third-order valence-corrected chi connectivity index (χ3v) is 7.00. The molecule has 0 heterocycles. The van der Waals surface area contributed by atoms with Gasteiger partial charge in [0.2, 0.25) is 0 Å². The molecule has 0 aromatic heterocycles. The van der Waals surface area contributed by atoms with E-state index in [2.05, 4.69) is 27.3 Å². The fourth-order valence-electron chi connectivity index (χ4n) is 4.31. The number of benzene rings is 3. The molecule has 0 saturated heterocycles. The number of rotatable bonds is 9. The number of aliphatic carboxylic acids is 1. The number of amides is 3. The van der Waals surface area contributed by atoms with E-state index >= 15 is 0 Å². The van der Waals surface area contributed by atoms with Crippen LogP contribution in [-0.4, -0.2) is 35.5 Å². The van der Waals surface area contributed by atoms with Crippen molar-refractivity contribution in [3.05, 3.63) is 100 Å². The van der Waals surface area contributed by atoms with Crippen LogP contribution in [0.3, 0.4) is 0 Å². The Morgan fingerprint density at radius 3 is 2.33 bits per heavy atom. The fraction of sp³-hybridized carbons (Fsp3) is 0.233. The van der Waals surface area contributed by atoms with Gasteiger partial charge in [0.05, 0.1) is 13.1 Å². The molecule has 0 bridgehead atoms. The van der Waals surface area contributed by atoms with Crippen molar-refractivity contribution in [3.63, 3.8) is 0 Å². The summed E-state index contributed by atoms with van der Waals surface area (Å²) in [6, 6.07) is 20.8. The molecule has 0 saturated carbocycles. The average molecular weight is 612 g/mol. The maximum Gasteiger partial charge on any atom is 0.376 e. The summed E-state index contributed by atoms with van der Waals surface area (Å²) in [7, 11) is 0. The Kier molecular flexibility index (Phi) is 9.31. The Morgan fingerprint density at radius 1 is 0.975 bits per heavy atom. The molecule has 3 aromatic rings. The first-order valence-electron chi connectivity index (χ1n) is 12.7. The number of hydrogen-bond acceptors (Lipinski definition) is 3. The largest absolute Gasteiger partial charge is 0.477 e. The van der Waals surface area contributed by atoms with Crippen molar-refractivity contribution in [2.24, 2.45) is 0 Å². The molecule has 208 valence electrons. The highest BCUT2D eigenvalue weighted by Crippen LogP contribution is 2.29. The van der Waals surface area contributed by atoms with Crippen LogP contribution in [0, 0.1) is 0 Å². The molecule has 0 radical (unpaired) electrons. The van der Waals surface area contributed by atoms with Crippen LogP contribution in [0.25, 0.3) is 5.57 Å². The summed E-state index contributed by atoms with van der Waals surface area (Å²) >= 11 is 3.41. The van der Waals surface area contributed by atoms with E-state index in [1.54, 1.807) is 29.2 Å². The number of urea groups is 1. The van der Waals surface area contributed by atoms with Crippen LogP contribution in [0.15, 0.2) is 83.3 Å². The van der Waals surface area contributed by atoms with Crippen molar-refractivity contribution >= 4 is 50.8 Å². The van der Waals surface area contributed by atoms with E-state index in [4.69, 9.17) is 5.11 Å². The number of carboxylic acids is 1. The molecule has 1 aliphatic carbocycles. The summed E-state index contributed by atoms with van der Waals surface area (Å²) in [5.74, 6) is -7.21. The number of halogens is 3. The Morgan fingerprint density at radius 2 is 1.70 bits per heavy atom. The lowest BCUT2D eigenvalue weighted by Crippen LogP contribution is -2.42. The van der Waals surface area contributed by atoms with Crippen molar-refractivity contribution in [2.45, 2.75) is 38.2 Å². The minimum atomic E-state index is -4.07. The Bertz CT molecular complexity index is 1410. The number of hydrogen-bond donors (Lipinski definition) is 3. The van der Waals surface area contributed by atoms with Gasteiger partial charge >= 0.3 is 17.9 Å². The minimum absolute atomic E-state index is 0.0835. The maximum absolute atomic E-state index is 13.4. The normalized spacial score (nSPS) is 13.2. The molecule has 3 aromatic carbocycles. The van der Waals surface area contributed by atoms with Crippen molar-refractivity contribution in [1.29, 1.82) is 0 Å². The Hall–Kier alpha value is -4.05. The highest BCUT2D eigenvalue weighted by atomic mass is 79.9. The van der Waals surface area contributed by atoms with Crippen molar-refractivity contribution in [1.82, 2.24) is 5.32 Å². The summed E-state index contributed by atoms with van der Waals surface area (Å²) in [5, 5.41) is 13.4. The summed E-state index contributed by atoms with van der Waals surface area (Å²) in [6.45, 7) is -1.15. The van der Waals surface area contributed by atoms with Crippen LogP contribution < -0.4 is 15.5 Å². The first-order valence-corrected chi connectivity index (χ1v) is 13.5. The molecule has 0 unspecified atom stereocenters. The van der Waals surface area contributed by atoms with Gasteiger partial charge in [0.15, 0.2) is 0 Å². The van der Waals surface area contributed by atoms with Gasteiger partial charge in [-0.25, -0.2) is 9.59 Å². The predicted molar refractivity (Wildman–Crippen MR) is 154 cm³/mol. The van der Waals surface area contributed by atoms with E-state index in [1.807, 2.05) is 41.7 Å². The van der Waals surface area contributed by atoms with Gasteiger partial charge in [-0.1, -0.05) is 52.3 Å². The molecule has 4 rings (SSSR count). The zero-order valence-electron chi connectivity index (χ0n) is 21.5. The van der Waals surface area contributed by atoms with Gasteiger partial charge in [0.25, 0.3) is 5.91 Å². The quantitative estimate of drug-likeness (QED) is 0.240. The number of allylic oxidation sites excluding steroid dienone is 2. The van der Waals surface area contributed by atoms with Gasteiger partial charge in [-0.15, -0.1) is 0 Å². The number of carbonyl (C=O) groups is 3. The first kappa shape index (κ1) is 28.9. The highest BCUT2D eigenvalue weighted by Gasteiger charge is 2.39. The third kappa shape index (κ3) is 7.53. The summed E-state index contributed by atoms with van der Waals surface area (Å²) in [4.78, 5) is 37.8. The van der Waals surface area contributed by atoms with Gasteiger partial charge in [-0.05, 0) is 84.8 Å². The highest BCUT2D eigenvalue weighted by molar-refractivity contribution is 9.10. The predicted octanol–water partition coefficient (Wildman–Crippen LogP) is 7.09. The van der Waals surface area contributed by atoms with Gasteiger partial charge in [-0.2, -0.15) is 8.78 Å². The van der Waals surface area contributed by atoms with Crippen molar-refractivity contribution in [2.75, 3.05) is 16.8 Å². The number of alkyl halides is 2.